The van der Waals surface area contributed by atoms with Crippen molar-refractivity contribution < 1.29 is 19.5 Å². The summed E-state index contributed by atoms with van der Waals surface area (Å²) in [5.41, 5.74) is -0.116. The monoisotopic (exact) mass is 400 g/mol. The zero-order valence-electron chi connectivity index (χ0n) is 14.7. The van der Waals surface area contributed by atoms with Gasteiger partial charge in [-0.15, -0.1) is 0 Å². The smallest absolute Gasteiger partial charge is 0.317 e. The first-order valence-corrected chi connectivity index (χ1v) is 9.14. The number of amides is 2. The van der Waals surface area contributed by atoms with Gasteiger partial charge in [-0.2, -0.15) is 0 Å². The van der Waals surface area contributed by atoms with Crippen molar-refractivity contribution in [1.29, 1.82) is 0 Å². The van der Waals surface area contributed by atoms with E-state index in [1.165, 1.54) is 4.90 Å². The minimum atomic E-state index is -0.988. The second-order valence-electron chi connectivity index (χ2n) is 6.81. The molecule has 1 aliphatic heterocycles. The van der Waals surface area contributed by atoms with Crippen LogP contribution in [0.1, 0.15) is 32.3 Å². The number of hydrogen-bond donors (Lipinski definition) is 1. The van der Waals surface area contributed by atoms with Gasteiger partial charge in [-0.1, -0.05) is 30.7 Å². The molecule has 6 nitrogen and oxygen atoms in total. The number of carbonyl (C=O) groups excluding carboxylic acids is 2. The van der Waals surface area contributed by atoms with Gasteiger partial charge in [-0.3, -0.25) is 14.4 Å². The summed E-state index contributed by atoms with van der Waals surface area (Å²) in [6.07, 6.45) is 0.843. The highest BCUT2D eigenvalue weighted by molar-refractivity contribution is 6.63. The van der Waals surface area contributed by atoms with Crippen LogP contribution in [0.15, 0.2) is 24.3 Å². The molecule has 142 valence electrons. The number of carboxylic acid groups (broad SMARTS) is 1. The van der Waals surface area contributed by atoms with E-state index in [2.05, 4.69) is 0 Å². The van der Waals surface area contributed by atoms with E-state index < -0.39 is 22.8 Å². The summed E-state index contributed by atoms with van der Waals surface area (Å²) in [5, 5.41) is 9.04. The Bertz CT molecular complexity index is 695. The van der Waals surface area contributed by atoms with Crippen molar-refractivity contribution in [2.75, 3.05) is 13.1 Å². The van der Waals surface area contributed by atoms with Gasteiger partial charge >= 0.3 is 11.3 Å². The van der Waals surface area contributed by atoms with Gasteiger partial charge in [0.1, 0.15) is 5.54 Å². The fraction of sp³-hybridized carbons (Fsp3) is 0.500. The van der Waals surface area contributed by atoms with Gasteiger partial charge in [0, 0.05) is 24.7 Å². The van der Waals surface area contributed by atoms with Crippen molar-refractivity contribution in [3.05, 3.63) is 34.9 Å². The third-order valence-corrected chi connectivity index (χ3v) is 5.37. The zero-order valence-corrected chi connectivity index (χ0v) is 16.3. The molecule has 1 aliphatic rings. The van der Waals surface area contributed by atoms with Crippen molar-refractivity contribution in [3.63, 3.8) is 0 Å². The molecule has 8 heteroatoms. The minimum Gasteiger partial charge on any atom is -0.481 e. The summed E-state index contributed by atoms with van der Waals surface area (Å²) >= 11 is 11.5. The summed E-state index contributed by atoms with van der Waals surface area (Å²) in [6.45, 7) is 4.31. The lowest BCUT2D eigenvalue weighted by Gasteiger charge is -2.49. The Morgan fingerprint density at radius 2 is 1.92 bits per heavy atom. The highest BCUT2D eigenvalue weighted by atomic mass is 35.5. The van der Waals surface area contributed by atoms with Gasteiger partial charge < -0.3 is 14.9 Å². The molecule has 2 amide bonds. The Kier molecular flexibility index (Phi) is 6.53. The van der Waals surface area contributed by atoms with Gasteiger partial charge in [0.05, 0.1) is 5.92 Å². The number of carboxylic acids is 1. The van der Waals surface area contributed by atoms with Crippen molar-refractivity contribution >= 4 is 40.4 Å². The molecule has 1 N–H and O–H groups in total. The summed E-state index contributed by atoms with van der Waals surface area (Å²) in [7, 11) is 0. The van der Waals surface area contributed by atoms with Crippen molar-refractivity contribution in [3.8, 4) is 0 Å². The average molecular weight is 401 g/mol. The molecule has 1 aromatic rings. The number of carbonyl (C=O) groups is 3. The number of aliphatic carboxylic acids is 1. The Labute approximate surface area is 162 Å². The van der Waals surface area contributed by atoms with Gasteiger partial charge in [-0.25, -0.2) is 0 Å². The molecule has 2 unspecified atom stereocenters. The Morgan fingerprint density at radius 3 is 2.38 bits per heavy atom. The first-order chi connectivity index (χ1) is 12.1. The number of hydrogen-bond acceptors (Lipinski definition) is 3. The molecule has 2 rings (SSSR count). The normalized spacial score (nSPS) is 20.2. The van der Waals surface area contributed by atoms with Crippen LogP contribution in [-0.2, 0) is 16.1 Å². The van der Waals surface area contributed by atoms with E-state index in [-0.39, 0.29) is 12.5 Å². The van der Waals surface area contributed by atoms with E-state index in [1.54, 1.807) is 30.9 Å². The molecule has 2 atom stereocenters. The third kappa shape index (κ3) is 4.48. The second kappa shape index (κ2) is 8.27. The van der Waals surface area contributed by atoms with E-state index in [4.69, 9.17) is 28.3 Å². The second-order valence-corrected chi connectivity index (χ2v) is 7.57. The summed E-state index contributed by atoms with van der Waals surface area (Å²) < 4.78 is 0. The molecule has 26 heavy (non-hydrogen) atoms. The summed E-state index contributed by atoms with van der Waals surface area (Å²) in [4.78, 5) is 38.7. The molecule has 0 aromatic heterocycles. The van der Waals surface area contributed by atoms with Gasteiger partial charge in [0.15, 0.2) is 0 Å². The van der Waals surface area contributed by atoms with Crippen LogP contribution in [0.3, 0.4) is 0 Å². The van der Waals surface area contributed by atoms with Crippen LogP contribution in [0.5, 0.6) is 0 Å². The van der Waals surface area contributed by atoms with Crippen molar-refractivity contribution in [2.45, 2.75) is 38.8 Å². The van der Waals surface area contributed by atoms with E-state index in [0.717, 1.165) is 5.56 Å². The molecule has 1 saturated heterocycles. The van der Waals surface area contributed by atoms with Crippen LogP contribution in [0.25, 0.3) is 0 Å². The molecule has 0 saturated carbocycles. The average Bonchev–Trinajstić information content (AvgIpc) is 2.56. The standard InChI is InChI=1S/C18H22Cl2N2O4/c1-12(15(23)24)7-9-21(11-13-3-5-14(19)6-4-13)16(25)18(2)8-10-22(18)17(20)26/h3-6,12H,7-11H2,1-2H3,(H,23,24). The van der Waals surface area contributed by atoms with E-state index in [0.29, 0.717) is 31.0 Å². The highest BCUT2D eigenvalue weighted by Crippen LogP contribution is 2.34. The molecule has 0 bridgehead atoms. The third-order valence-electron chi connectivity index (χ3n) is 4.92. The van der Waals surface area contributed by atoms with Gasteiger partial charge in [-0.05, 0) is 49.1 Å². The van der Waals surface area contributed by atoms with Crippen molar-refractivity contribution in [2.24, 2.45) is 5.92 Å². The molecule has 0 aliphatic carbocycles. The van der Waals surface area contributed by atoms with Crippen LogP contribution in [0.2, 0.25) is 5.02 Å². The largest absolute Gasteiger partial charge is 0.481 e. The Morgan fingerprint density at radius 1 is 1.31 bits per heavy atom. The number of rotatable bonds is 7. The Balaban J connectivity index is 2.18. The molecule has 0 radical (unpaired) electrons. The quantitative estimate of drug-likeness (QED) is 0.560. The summed E-state index contributed by atoms with van der Waals surface area (Å²) in [6, 6.07) is 7.10. The van der Waals surface area contributed by atoms with Crippen molar-refractivity contribution in [1.82, 2.24) is 9.80 Å². The maximum atomic E-state index is 13.1. The number of nitrogens with zero attached hydrogens (tertiary/aromatic N) is 2. The fourth-order valence-corrected chi connectivity index (χ4v) is 3.34. The predicted octanol–water partition coefficient (Wildman–Crippen LogP) is 3.60. The molecule has 1 heterocycles. The van der Waals surface area contributed by atoms with E-state index in [9.17, 15) is 14.4 Å². The SMILES string of the molecule is CC(CCN(Cc1ccc(Cl)cc1)C(=O)C1(C)CCN1C(=O)Cl)C(=O)O. The summed E-state index contributed by atoms with van der Waals surface area (Å²) in [5.74, 6) is -1.71. The molecular weight excluding hydrogens is 379 g/mol. The topological polar surface area (TPSA) is 77.9 Å². The number of halogens is 2. The zero-order chi connectivity index (χ0) is 19.5. The molecule has 1 fully saturated rings. The fourth-order valence-electron chi connectivity index (χ4n) is 2.94. The maximum absolute atomic E-state index is 13.1. The lowest BCUT2D eigenvalue weighted by molar-refractivity contribution is -0.150. The predicted molar refractivity (Wildman–Crippen MR) is 99.3 cm³/mol. The lowest BCUT2D eigenvalue weighted by atomic mass is 9.85. The number of likely N-dealkylation sites (tertiary alicyclic amines) is 1. The number of benzene rings is 1. The maximum Gasteiger partial charge on any atom is 0.317 e. The van der Waals surface area contributed by atoms with Crippen LogP contribution in [0, 0.1) is 5.92 Å². The van der Waals surface area contributed by atoms with Crippen LogP contribution in [-0.4, -0.2) is 50.8 Å². The van der Waals surface area contributed by atoms with E-state index >= 15 is 0 Å². The molecule has 0 spiro atoms. The minimum absolute atomic E-state index is 0.231. The van der Waals surface area contributed by atoms with Gasteiger partial charge in [0.2, 0.25) is 5.91 Å². The molecule has 1 aromatic carbocycles. The van der Waals surface area contributed by atoms with E-state index in [1.807, 2.05) is 12.1 Å². The van der Waals surface area contributed by atoms with Crippen LogP contribution < -0.4 is 0 Å². The van der Waals surface area contributed by atoms with Gasteiger partial charge in [0.25, 0.3) is 0 Å². The highest BCUT2D eigenvalue weighted by Gasteiger charge is 2.50. The van der Waals surface area contributed by atoms with Crippen LogP contribution in [0.4, 0.5) is 4.79 Å². The molecular formula is C18H22Cl2N2O4. The first-order valence-electron chi connectivity index (χ1n) is 8.39. The first kappa shape index (κ1) is 20.5. The van der Waals surface area contributed by atoms with Crippen LogP contribution >= 0.6 is 23.2 Å². The lowest BCUT2D eigenvalue weighted by Crippen LogP contribution is -2.66. The Hall–Kier alpha value is -1.79.